The molecule has 0 aliphatic rings. The lowest BCUT2D eigenvalue weighted by Crippen LogP contribution is -2.10. The minimum absolute atomic E-state index is 0.866. The molecule has 0 bridgehead atoms. The van der Waals surface area contributed by atoms with Crippen LogP contribution in [0.25, 0.3) is 71.7 Å². The van der Waals surface area contributed by atoms with Gasteiger partial charge in [-0.05, 0) is 82.9 Å². The normalized spacial score (nSPS) is 11.5. The van der Waals surface area contributed by atoms with Gasteiger partial charge in [-0.3, -0.25) is 0 Å². The van der Waals surface area contributed by atoms with E-state index in [1.165, 1.54) is 44.1 Å². The van der Waals surface area contributed by atoms with Gasteiger partial charge in [0.1, 0.15) is 5.58 Å². The van der Waals surface area contributed by atoms with Gasteiger partial charge in [0.05, 0.1) is 16.7 Å². The van der Waals surface area contributed by atoms with Gasteiger partial charge in [0.2, 0.25) is 0 Å². The molecule has 0 N–H and O–H groups in total. The van der Waals surface area contributed by atoms with Gasteiger partial charge in [-0.15, -0.1) is 0 Å². The second kappa shape index (κ2) is 11.9. The first-order valence-electron chi connectivity index (χ1n) is 17.4. The molecule has 0 fully saturated rings. The smallest absolute Gasteiger partial charge is 0.159 e. The molecule has 0 unspecified atom stereocenters. The van der Waals surface area contributed by atoms with E-state index in [2.05, 4.69) is 191 Å². The van der Waals surface area contributed by atoms with Gasteiger partial charge in [-0.1, -0.05) is 133 Å². The molecule has 0 atom stereocenters. The van der Waals surface area contributed by atoms with Gasteiger partial charge in [0.15, 0.2) is 5.58 Å². The second-order valence-electron chi connectivity index (χ2n) is 13.0. The molecule has 10 aromatic rings. The van der Waals surface area contributed by atoms with Crippen LogP contribution in [0.1, 0.15) is 0 Å². The minimum Gasteiger partial charge on any atom is -0.454 e. The van der Waals surface area contributed by atoms with E-state index in [1.807, 2.05) is 12.1 Å². The summed E-state index contributed by atoms with van der Waals surface area (Å²) in [6.45, 7) is 0. The van der Waals surface area contributed by atoms with Crippen molar-refractivity contribution < 1.29 is 4.42 Å². The molecule has 10 rings (SSSR count). The van der Waals surface area contributed by atoms with E-state index >= 15 is 0 Å². The van der Waals surface area contributed by atoms with E-state index < -0.39 is 0 Å². The third-order valence-electron chi connectivity index (χ3n) is 10.0. The molecular formula is C48H32N2O. The highest BCUT2D eigenvalue weighted by molar-refractivity contribution is 6.11. The fourth-order valence-corrected chi connectivity index (χ4v) is 7.58. The van der Waals surface area contributed by atoms with E-state index in [0.29, 0.717) is 0 Å². The Hall–Kier alpha value is -6.84. The first-order chi connectivity index (χ1) is 25.3. The van der Waals surface area contributed by atoms with E-state index in [0.717, 1.165) is 44.7 Å². The number of fused-ring (bicyclic) bond motifs is 6. The molecular weight excluding hydrogens is 621 g/mol. The zero-order valence-electron chi connectivity index (χ0n) is 27.8. The summed E-state index contributed by atoms with van der Waals surface area (Å²) < 4.78 is 8.94. The summed E-state index contributed by atoms with van der Waals surface area (Å²) in [4.78, 5) is 2.31. The molecule has 0 spiro atoms. The predicted octanol–water partition coefficient (Wildman–Crippen LogP) is 13.5. The van der Waals surface area contributed by atoms with Crippen LogP contribution in [0.15, 0.2) is 199 Å². The Labute approximate surface area is 295 Å². The Bertz CT molecular complexity index is 2770. The molecule has 240 valence electrons. The molecule has 0 aliphatic heterocycles. The lowest BCUT2D eigenvalue weighted by molar-refractivity contribution is 0.669. The molecule has 8 aromatic carbocycles. The molecule has 0 radical (unpaired) electrons. The van der Waals surface area contributed by atoms with Crippen molar-refractivity contribution >= 4 is 60.8 Å². The maximum absolute atomic E-state index is 6.58. The second-order valence-corrected chi connectivity index (χ2v) is 13.0. The third-order valence-corrected chi connectivity index (χ3v) is 10.0. The Kier molecular flexibility index (Phi) is 6.81. The maximum atomic E-state index is 6.58. The Morgan fingerprint density at radius 1 is 0.353 bits per heavy atom. The van der Waals surface area contributed by atoms with E-state index in [9.17, 15) is 0 Å². The average Bonchev–Trinajstić information content (AvgIpc) is 3.76. The van der Waals surface area contributed by atoms with Gasteiger partial charge < -0.3 is 13.9 Å². The van der Waals surface area contributed by atoms with Crippen molar-refractivity contribution in [3.8, 4) is 27.9 Å². The molecule has 3 nitrogen and oxygen atoms in total. The van der Waals surface area contributed by atoms with Crippen LogP contribution in [-0.4, -0.2) is 4.57 Å². The Morgan fingerprint density at radius 3 is 1.45 bits per heavy atom. The predicted molar refractivity (Wildman–Crippen MR) is 214 cm³/mol. The number of rotatable bonds is 6. The highest BCUT2D eigenvalue weighted by Gasteiger charge is 2.20. The van der Waals surface area contributed by atoms with E-state index in [-0.39, 0.29) is 0 Å². The highest BCUT2D eigenvalue weighted by atomic mass is 16.3. The number of hydrogen-bond acceptors (Lipinski definition) is 2. The van der Waals surface area contributed by atoms with Crippen LogP contribution in [0.2, 0.25) is 0 Å². The quantitative estimate of drug-likeness (QED) is 0.178. The molecule has 51 heavy (non-hydrogen) atoms. The molecule has 0 amide bonds. The van der Waals surface area contributed by atoms with Gasteiger partial charge >= 0.3 is 0 Å². The number of para-hydroxylation sites is 4. The molecule has 0 saturated carbocycles. The fourth-order valence-electron chi connectivity index (χ4n) is 7.58. The van der Waals surface area contributed by atoms with Crippen LogP contribution < -0.4 is 4.90 Å². The number of furan rings is 1. The van der Waals surface area contributed by atoms with Gasteiger partial charge in [0, 0.05) is 38.6 Å². The standard InChI is InChI=1S/C48H32N2O/c1-2-11-33(12-3-1)34-21-23-35(24-22-34)36-25-27-37(28-26-36)49(46-19-10-16-43-42-15-6-9-20-47(42)51-48(43)46)38-29-31-39(32-30-38)50-44-17-7-4-13-40(44)41-14-5-8-18-45(41)50/h1-32H. The number of benzene rings is 8. The first-order valence-corrected chi connectivity index (χ1v) is 17.4. The van der Waals surface area contributed by atoms with Crippen molar-refractivity contribution in [2.24, 2.45) is 0 Å². The summed E-state index contributed by atoms with van der Waals surface area (Å²) in [5.74, 6) is 0. The zero-order valence-corrected chi connectivity index (χ0v) is 27.8. The summed E-state index contributed by atoms with van der Waals surface area (Å²) in [6, 6.07) is 69.0. The number of nitrogens with zero attached hydrogens (tertiary/aromatic N) is 2. The van der Waals surface area contributed by atoms with Crippen LogP contribution in [-0.2, 0) is 0 Å². The van der Waals surface area contributed by atoms with Crippen LogP contribution in [0, 0.1) is 0 Å². The topological polar surface area (TPSA) is 21.3 Å². The minimum atomic E-state index is 0.866. The van der Waals surface area contributed by atoms with Crippen LogP contribution >= 0.6 is 0 Å². The number of aromatic nitrogens is 1. The maximum Gasteiger partial charge on any atom is 0.159 e. The van der Waals surface area contributed by atoms with Crippen molar-refractivity contribution in [3.05, 3.63) is 194 Å². The van der Waals surface area contributed by atoms with Crippen molar-refractivity contribution in [2.75, 3.05) is 4.90 Å². The highest BCUT2D eigenvalue weighted by Crippen LogP contribution is 2.43. The van der Waals surface area contributed by atoms with Crippen LogP contribution in [0.5, 0.6) is 0 Å². The van der Waals surface area contributed by atoms with Gasteiger partial charge in [-0.25, -0.2) is 0 Å². The Balaban J connectivity index is 1.09. The lowest BCUT2D eigenvalue weighted by atomic mass is 10.00. The van der Waals surface area contributed by atoms with Crippen LogP contribution in [0.3, 0.4) is 0 Å². The van der Waals surface area contributed by atoms with Crippen LogP contribution in [0.4, 0.5) is 17.1 Å². The van der Waals surface area contributed by atoms with E-state index in [1.54, 1.807) is 0 Å². The summed E-state index contributed by atoms with van der Waals surface area (Å²) in [5.41, 5.74) is 13.1. The molecule has 0 aliphatic carbocycles. The summed E-state index contributed by atoms with van der Waals surface area (Å²) in [5, 5.41) is 4.73. The summed E-state index contributed by atoms with van der Waals surface area (Å²) >= 11 is 0. The number of anilines is 3. The molecule has 3 heteroatoms. The van der Waals surface area contributed by atoms with Crippen molar-refractivity contribution in [1.82, 2.24) is 4.57 Å². The average molecular weight is 653 g/mol. The zero-order chi connectivity index (χ0) is 33.7. The van der Waals surface area contributed by atoms with Crippen molar-refractivity contribution in [3.63, 3.8) is 0 Å². The SMILES string of the molecule is c1ccc(-c2ccc(-c3ccc(N(c4ccc(-n5c6ccccc6c6ccccc65)cc4)c4cccc5c4oc4ccccc45)cc3)cc2)cc1. The summed E-state index contributed by atoms with van der Waals surface area (Å²) in [7, 11) is 0. The summed E-state index contributed by atoms with van der Waals surface area (Å²) in [6.07, 6.45) is 0. The molecule has 0 saturated heterocycles. The van der Waals surface area contributed by atoms with Gasteiger partial charge in [-0.2, -0.15) is 0 Å². The monoisotopic (exact) mass is 652 g/mol. The van der Waals surface area contributed by atoms with Crippen molar-refractivity contribution in [1.29, 1.82) is 0 Å². The fraction of sp³-hybridized carbons (Fsp3) is 0. The Morgan fingerprint density at radius 2 is 0.824 bits per heavy atom. The van der Waals surface area contributed by atoms with Crippen molar-refractivity contribution in [2.45, 2.75) is 0 Å². The molecule has 2 heterocycles. The third kappa shape index (κ3) is 4.90. The first kappa shape index (κ1) is 29.1. The number of hydrogen-bond donors (Lipinski definition) is 0. The molecule has 2 aromatic heterocycles. The largest absolute Gasteiger partial charge is 0.454 e. The van der Waals surface area contributed by atoms with E-state index in [4.69, 9.17) is 4.42 Å². The van der Waals surface area contributed by atoms with Gasteiger partial charge in [0.25, 0.3) is 0 Å². The lowest BCUT2D eigenvalue weighted by Gasteiger charge is -2.26.